The van der Waals surface area contributed by atoms with Gasteiger partial charge in [0.2, 0.25) is 0 Å². The van der Waals surface area contributed by atoms with Crippen molar-refractivity contribution in [3.8, 4) is 0 Å². The summed E-state index contributed by atoms with van der Waals surface area (Å²) in [5, 5.41) is 20.9. The lowest BCUT2D eigenvalue weighted by Crippen LogP contribution is -2.43. The molecule has 1 amide bonds. The average molecular weight is 231 g/mol. The van der Waals surface area contributed by atoms with Crippen LogP contribution >= 0.6 is 11.3 Å². The van der Waals surface area contributed by atoms with Crippen molar-refractivity contribution < 1.29 is 19.8 Å². The standard InChI is InChI=1S/C7H9N3O4S/c8-7-10-4(2-15-7)5(12)9-3(1-11)6(13)14/h2-3,11H,1H2,(H2,8,10)(H,9,12)(H,13,14)/t3-/m1/s1. The highest BCUT2D eigenvalue weighted by Gasteiger charge is 2.20. The van der Waals surface area contributed by atoms with Crippen LogP contribution in [-0.2, 0) is 4.79 Å². The van der Waals surface area contributed by atoms with Crippen LogP contribution < -0.4 is 11.1 Å². The highest BCUT2D eigenvalue weighted by atomic mass is 32.1. The van der Waals surface area contributed by atoms with Crippen LogP contribution in [0.2, 0.25) is 0 Å². The predicted molar refractivity (Wildman–Crippen MR) is 52.5 cm³/mol. The van der Waals surface area contributed by atoms with Crippen LogP contribution in [0, 0.1) is 0 Å². The number of aromatic nitrogens is 1. The van der Waals surface area contributed by atoms with Gasteiger partial charge in [0.15, 0.2) is 11.2 Å². The number of nitrogen functional groups attached to an aromatic ring is 1. The minimum absolute atomic E-state index is 0.0391. The number of nitrogens with one attached hydrogen (secondary N) is 1. The number of rotatable bonds is 4. The molecule has 1 atom stereocenters. The molecule has 7 nitrogen and oxygen atoms in total. The van der Waals surface area contributed by atoms with Crippen LogP contribution in [0.3, 0.4) is 0 Å². The molecule has 1 rings (SSSR count). The molecule has 0 aromatic carbocycles. The second-order valence-corrected chi connectivity index (χ2v) is 3.51. The molecule has 0 saturated heterocycles. The molecule has 82 valence electrons. The number of carbonyl (C=O) groups excluding carboxylic acids is 1. The van der Waals surface area contributed by atoms with Gasteiger partial charge in [0.25, 0.3) is 5.91 Å². The highest BCUT2D eigenvalue weighted by Crippen LogP contribution is 2.10. The number of carbonyl (C=O) groups is 2. The van der Waals surface area contributed by atoms with Crippen molar-refractivity contribution in [3.05, 3.63) is 11.1 Å². The molecule has 0 unspecified atom stereocenters. The molecule has 0 fully saturated rings. The van der Waals surface area contributed by atoms with Crippen LogP contribution in [-0.4, -0.2) is 39.7 Å². The second kappa shape index (κ2) is 4.71. The Morgan fingerprint density at radius 2 is 2.33 bits per heavy atom. The molecular formula is C7H9N3O4S. The summed E-state index contributed by atoms with van der Waals surface area (Å²) in [5.74, 6) is -1.99. The number of nitrogens with two attached hydrogens (primary N) is 1. The van der Waals surface area contributed by atoms with Gasteiger partial charge in [0, 0.05) is 5.38 Å². The number of carboxylic acid groups (broad SMARTS) is 1. The first-order chi connectivity index (χ1) is 7.04. The van der Waals surface area contributed by atoms with E-state index in [-0.39, 0.29) is 10.8 Å². The van der Waals surface area contributed by atoms with Crippen molar-refractivity contribution in [1.29, 1.82) is 0 Å². The normalized spacial score (nSPS) is 12.1. The van der Waals surface area contributed by atoms with Gasteiger partial charge < -0.3 is 21.3 Å². The lowest BCUT2D eigenvalue weighted by atomic mass is 10.3. The van der Waals surface area contributed by atoms with Crippen LogP contribution in [0.4, 0.5) is 5.13 Å². The van der Waals surface area contributed by atoms with Gasteiger partial charge in [-0.05, 0) is 0 Å². The van der Waals surface area contributed by atoms with Crippen LogP contribution in [0.25, 0.3) is 0 Å². The molecule has 8 heteroatoms. The SMILES string of the molecule is Nc1nc(C(=O)N[C@H](CO)C(=O)O)cs1. The van der Waals surface area contributed by atoms with Crippen LogP contribution in [0.5, 0.6) is 0 Å². The smallest absolute Gasteiger partial charge is 0.328 e. The summed E-state index contributed by atoms with van der Waals surface area (Å²) >= 11 is 1.07. The van der Waals surface area contributed by atoms with Gasteiger partial charge in [-0.25, -0.2) is 9.78 Å². The maximum Gasteiger partial charge on any atom is 0.328 e. The van der Waals surface area contributed by atoms with Crippen molar-refractivity contribution >= 4 is 28.3 Å². The van der Waals surface area contributed by atoms with Crippen molar-refractivity contribution in [3.63, 3.8) is 0 Å². The summed E-state index contributed by atoms with van der Waals surface area (Å²) in [4.78, 5) is 25.5. The first-order valence-corrected chi connectivity index (χ1v) is 4.78. The molecule has 1 aromatic heterocycles. The van der Waals surface area contributed by atoms with E-state index in [1.54, 1.807) is 0 Å². The molecule has 0 spiro atoms. The predicted octanol–water partition coefficient (Wildman–Crippen LogP) is -1.10. The minimum atomic E-state index is -1.33. The first-order valence-electron chi connectivity index (χ1n) is 3.90. The topological polar surface area (TPSA) is 126 Å². The molecular weight excluding hydrogens is 222 g/mol. The minimum Gasteiger partial charge on any atom is -0.480 e. The summed E-state index contributed by atoms with van der Waals surface area (Å²) in [7, 11) is 0. The van der Waals surface area contributed by atoms with E-state index in [2.05, 4.69) is 10.3 Å². The number of hydrogen-bond acceptors (Lipinski definition) is 6. The quantitative estimate of drug-likeness (QED) is 0.521. The monoisotopic (exact) mass is 231 g/mol. The van der Waals surface area contributed by atoms with E-state index in [4.69, 9.17) is 15.9 Å². The van der Waals surface area contributed by atoms with E-state index in [0.29, 0.717) is 0 Å². The number of amides is 1. The summed E-state index contributed by atoms with van der Waals surface area (Å²) in [6.45, 7) is -0.680. The van der Waals surface area contributed by atoms with Gasteiger partial charge >= 0.3 is 5.97 Å². The lowest BCUT2D eigenvalue weighted by Gasteiger charge is -2.09. The second-order valence-electron chi connectivity index (χ2n) is 2.62. The number of anilines is 1. The largest absolute Gasteiger partial charge is 0.480 e. The summed E-state index contributed by atoms with van der Waals surface area (Å²) in [6, 6.07) is -1.33. The number of aliphatic hydroxyl groups is 1. The first kappa shape index (κ1) is 11.4. The Bertz CT molecular complexity index is 378. The highest BCUT2D eigenvalue weighted by molar-refractivity contribution is 7.13. The number of aliphatic carboxylic acids is 1. The Balaban J connectivity index is 2.66. The number of thiazole rings is 1. The molecule has 0 radical (unpaired) electrons. The summed E-state index contributed by atoms with van der Waals surface area (Å²) < 4.78 is 0. The Morgan fingerprint density at radius 3 is 2.73 bits per heavy atom. The van der Waals surface area contributed by atoms with E-state index in [0.717, 1.165) is 11.3 Å². The number of hydrogen-bond donors (Lipinski definition) is 4. The van der Waals surface area contributed by atoms with Gasteiger partial charge in [-0.1, -0.05) is 0 Å². The fourth-order valence-corrected chi connectivity index (χ4v) is 1.35. The summed E-state index contributed by atoms with van der Waals surface area (Å²) in [6.07, 6.45) is 0. The Labute approximate surface area is 88.6 Å². The van der Waals surface area contributed by atoms with Crippen LogP contribution in [0.1, 0.15) is 10.5 Å². The fraction of sp³-hybridized carbons (Fsp3) is 0.286. The molecule has 1 aromatic rings. The molecule has 0 aliphatic rings. The van der Waals surface area contributed by atoms with Gasteiger partial charge in [0.05, 0.1) is 6.61 Å². The van der Waals surface area contributed by atoms with Gasteiger partial charge in [-0.3, -0.25) is 4.79 Å². The molecule has 0 saturated carbocycles. The Hall–Kier alpha value is -1.67. The van der Waals surface area contributed by atoms with Crippen molar-refractivity contribution in [2.75, 3.05) is 12.3 Å². The van der Waals surface area contributed by atoms with E-state index in [1.807, 2.05) is 0 Å². The fourth-order valence-electron chi connectivity index (χ4n) is 0.810. The average Bonchev–Trinajstić information content (AvgIpc) is 2.60. The number of nitrogens with zero attached hydrogens (tertiary/aromatic N) is 1. The molecule has 0 bridgehead atoms. The lowest BCUT2D eigenvalue weighted by molar-refractivity contribution is -0.140. The zero-order chi connectivity index (χ0) is 11.4. The zero-order valence-corrected chi connectivity index (χ0v) is 8.32. The van der Waals surface area contributed by atoms with E-state index >= 15 is 0 Å². The van der Waals surface area contributed by atoms with E-state index < -0.39 is 24.5 Å². The zero-order valence-electron chi connectivity index (χ0n) is 7.51. The van der Waals surface area contributed by atoms with Gasteiger partial charge in [-0.2, -0.15) is 0 Å². The summed E-state index contributed by atoms with van der Waals surface area (Å²) in [5.41, 5.74) is 5.34. The Morgan fingerprint density at radius 1 is 1.67 bits per heavy atom. The Kier molecular flexibility index (Phi) is 3.58. The van der Waals surface area contributed by atoms with Crippen LogP contribution in [0.15, 0.2) is 5.38 Å². The van der Waals surface area contributed by atoms with Gasteiger partial charge in [0.1, 0.15) is 5.69 Å². The van der Waals surface area contributed by atoms with Gasteiger partial charge in [-0.15, -0.1) is 11.3 Å². The molecule has 0 aliphatic heterocycles. The third-order valence-corrected chi connectivity index (χ3v) is 2.21. The number of carboxylic acids is 1. The van der Waals surface area contributed by atoms with Crippen molar-refractivity contribution in [2.45, 2.75) is 6.04 Å². The molecule has 15 heavy (non-hydrogen) atoms. The molecule has 5 N–H and O–H groups in total. The van der Waals surface area contributed by atoms with Crippen molar-refractivity contribution in [1.82, 2.24) is 10.3 Å². The maximum absolute atomic E-state index is 11.3. The van der Waals surface area contributed by atoms with E-state index in [1.165, 1.54) is 5.38 Å². The molecule has 1 heterocycles. The molecule has 0 aliphatic carbocycles. The maximum atomic E-state index is 11.3. The van der Waals surface area contributed by atoms with Crippen molar-refractivity contribution in [2.24, 2.45) is 0 Å². The number of aliphatic hydroxyl groups excluding tert-OH is 1. The third kappa shape index (κ3) is 2.89. The third-order valence-electron chi connectivity index (χ3n) is 1.54. The van der Waals surface area contributed by atoms with E-state index in [9.17, 15) is 9.59 Å².